The van der Waals surface area contributed by atoms with Gasteiger partial charge in [-0.25, -0.2) is 9.78 Å². The second kappa shape index (κ2) is 6.21. The first-order valence-corrected chi connectivity index (χ1v) is 6.20. The first kappa shape index (κ1) is 14.1. The van der Waals surface area contributed by atoms with Crippen molar-refractivity contribution in [3.63, 3.8) is 0 Å². The number of aliphatic carboxylic acids is 1. The van der Waals surface area contributed by atoms with Gasteiger partial charge in [0.25, 0.3) is 5.91 Å². The number of aromatic nitrogens is 2. The predicted molar refractivity (Wildman–Crippen MR) is 72.6 cm³/mol. The monoisotopic (exact) mass is 293 g/mol. The molecule has 3 N–H and O–H groups in total. The molecule has 7 heteroatoms. The van der Waals surface area contributed by atoms with E-state index in [1.165, 1.54) is 24.7 Å². The maximum Gasteiger partial charge on any atom is 0.326 e. The summed E-state index contributed by atoms with van der Waals surface area (Å²) in [6, 6.07) is 5.18. The van der Waals surface area contributed by atoms with Gasteiger partial charge in [-0.1, -0.05) is 11.6 Å². The molecule has 20 heavy (non-hydrogen) atoms. The van der Waals surface area contributed by atoms with Crippen molar-refractivity contribution in [1.82, 2.24) is 15.3 Å². The first-order chi connectivity index (χ1) is 9.56. The molecule has 0 spiro atoms. The van der Waals surface area contributed by atoms with E-state index < -0.39 is 17.9 Å². The predicted octanol–water partition coefficient (Wildman–Crippen LogP) is 1.49. The lowest BCUT2D eigenvalue weighted by atomic mass is 10.1. The molecule has 0 radical (unpaired) electrons. The third-order valence-electron chi connectivity index (χ3n) is 2.69. The molecule has 0 saturated carbocycles. The summed E-state index contributed by atoms with van der Waals surface area (Å²) in [5.74, 6) is -1.57. The van der Waals surface area contributed by atoms with E-state index in [-0.39, 0.29) is 6.42 Å². The molecule has 1 unspecified atom stereocenters. The van der Waals surface area contributed by atoms with E-state index in [9.17, 15) is 9.59 Å². The summed E-state index contributed by atoms with van der Waals surface area (Å²) in [6.45, 7) is 0. The smallest absolute Gasteiger partial charge is 0.326 e. The second-order valence-corrected chi connectivity index (χ2v) is 4.59. The average molecular weight is 294 g/mol. The van der Waals surface area contributed by atoms with Crippen LogP contribution >= 0.6 is 11.6 Å². The van der Waals surface area contributed by atoms with Gasteiger partial charge in [0.15, 0.2) is 0 Å². The van der Waals surface area contributed by atoms with Crippen molar-refractivity contribution in [3.8, 4) is 0 Å². The van der Waals surface area contributed by atoms with Gasteiger partial charge in [-0.15, -0.1) is 0 Å². The Morgan fingerprint density at radius 2 is 2.05 bits per heavy atom. The topological polar surface area (TPSA) is 95.1 Å². The lowest BCUT2D eigenvalue weighted by molar-refractivity contribution is -0.139. The van der Waals surface area contributed by atoms with Crippen LogP contribution in [0.15, 0.2) is 36.8 Å². The second-order valence-electron chi connectivity index (χ2n) is 4.15. The number of carboxylic acid groups (broad SMARTS) is 1. The van der Waals surface area contributed by atoms with Crippen LogP contribution in [0.25, 0.3) is 0 Å². The molecule has 104 valence electrons. The van der Waals surface area contributed by atoms with Crippen molar-refractivity contribution >= 4 is 23.5 Å². The number of nitrogens with zero attached hydrogens (tertiary/aromatic N) is 1. The number of hydrogen-bond acceptors (Lipinski definition) is 3. The zero-order chi connectivity index (χ0) is 14.5. The fourth-order valence-corrected chi connectivity index (χ4v) is 1.79. The molecule has 0 aliphatic carbocycles. The molecule has 0 fully saturated rings. The number of carbonyl (C=O) groups is 2. The SMILES string of the molecule is O=C(NC(Cc1cnc[nH]1)C(=O)O)c1ccc(Cl)cc1. The number of carboxylic acids is 1. The summed E-state index contributed by atoms with van der Waals surface area (Å²) in [7, 11) is 0. The van der Waals surface area contributed by atoms with Crippen LogP contribution in [-0.2, 0) is 11.2 Å². The van der Waals surface area contributed by atoms with Crippen molar-refractivity contribution in [3.05, 3.63) is 53.1 Å². The Kier molecular flexibility index (Phi) is 4.37. The molecular weight excluding hydrogens is 282 g/mol. The summed E-state index contributed by atoms with van der Waals surface area (Å²) in [5, 5.41) is 12.1. The van der Waals surface area contributed by atoms with E-state index in [0.717, 1.165) is 0 Å². The van der Waals surface area contributed by atoms with E-state index in [1.54, 1.807) is 12.1 Å². The number of hydrogen-bond donors (Lipinski definition) is 3. The number of benzene rings is 1. The summed E-state index contributed by atoms with van der Waals surface area (Å²) >= 11 is 5.73. The molecule has 0 aliphatic rings. The molecular formula is C13H12ClN3O3. The van der Waals surface area contributed by atoms with Gasteiger partial charge in [0.05, 0.1) is 6.33 Å². The highest BCUT2D eigenvalue weighted by molar-refractivity contribution is 6.30. The van der Waals surface area contributed by atoms with E-state index in [0.29, 0.717) is 16.3 Å². The van der Waals surface area contributed by atoms with Crippen LogP contribution in [0.1, 0.15) is 16.1 Å². The number of rotatable bonds is 5. The summed E-state index contributed by atoms with van der Waals surface area (Å²) in [5.41, 5.74) is 0.985. The maximum absolute atomic E-state index is 12.0. The highest BCUT2D eigenvalue weighted by Gasteiger charge is 2.21. The molecule has 2 rings (SSSR count). The number of H-pyrrole nitrogens is 1. The quantitative estimate of drug-likeness (QED) is 0.778. The van der Waals surface area contributed by atoms with E-state index in [2.05, 4.69) is 15.3 Å². The molecule has 1 heterocycles. The van der Waals surface area contributed by atoms with Crippen molar-refractivity contribution in [1.29, 1.82) is 0 Å². The normalized spacial score (nSPS) is 11.8. The summed E-state index contributed by atoms with van der Waals surface area (Å²) in [4.78, 5) is 29.7. The van der Waals surface area contributed by atoms with Gasteiger partial charge in [-0.2, -0.15) is 0 Å². The zero-order valence-corrected chi connectivity index (χ0v) is 11.1. The molecule has 1 aromatic heterocycles. The Labute approximate surface area is 119 Å². The number of halogens is 1. The maximum atomic E-state index is 12.0. The summed E-state index contributed by atoms with van der Waals surface area (Å²) in [6.07, 6.45) is 3.11. The minimum Gasteiger partial charge on any atom is -0.480 e. The van der Waals surface area contributed by atoms with Crippen molar-refractivity contribution < 1.29 is 14.7 Å². The minimum atomic E-state index is -1.11. The Bertz CT molecular complexity index is 596. The van der Waals surface area contributed by atoms with Crippen molar-refractivity contribution in [2.24, 2.45) is 0 Å². The number of aromatic amines is 1. The highest BCUT2D eigenvalue weighted by Crippen LogP contribution is 2.10. The first-order valence-electron chi connectivity index (χ1n) is 5.83. The van der Waals surface area contributed by atoms with Crippen LogP contribution in [0.5, 0.6) is 0 Å². The number of imidazole rings is 1. The van der Waals surface area contributed by atoms with Crippen LogP contribution in [-0.4, -0.2) is 33.0 Å². The number of carbonyl (C=O) groups excluding carboxylic acids is 1. The zero-order valence-electron chi connectivity index (χ0n) is 10.3. The Balaban J connectivity index is 2.06. The molecule has 2 aromatic rings. The minimum absolute atomic E-state index is 0.134. The van der Waals surface area contributed by atoms with E-state index in [1.807, 2.05) is 0 Å². The van der Waals surface area contributed by atoms with Gasteiger partial charge >= 0.3 is 5.97 Å². The number of amides is 1. The lowest BCUT2D eigenvalue weighted by Crippen LogP contribution is -2.42. The van der Waals surface area contributed by atoms with Gasteiger partial charge in [0, 0.05) is 28.9 Å². The van der Waals surface area contributed by atoms with Crippen LogP contribution in [0.2, 0.25) is 5.02 Å². The van der Waals surface area contributed by atoms with Gasteiger partial charge in [-0.3, -0.25) is 4.79 Å². The molecule has 0 bridgehead atoms. The molecule has 0 saturated heterocycles. The standard InChI is InChI=1S/C13H12ClN3O3/c14-9-3-1-8(2-4-9)12(18)17-11(13(19)20)5-10-6-15-7-16-10/h1-4,6-7,11H,5H2,(H,15,16)(H,17,18)(H,19,20). The van der Waals surface area contributed by atoms with Crippen LogP contribution in [0.4, 0.5) is 0 Å². The fourth-order valence-electron chi connectivity index (χ4n) is 1.66. The largest absolute Gasteiger partial charge is 0.480 e. The Morgan fingerprint density at radius 1 is 1.35 bits per heavy atom. The van der Waals surface area contributed by atoms with Crippen molar-refractivity contribution in [2.75, 3.05) is 0 Å². The molecule has 0 aliphatic heterocycles. The van der Waals surface area contributed by atoms with Crippen molar-refractivity contribution in [2.45, 2.75) is 12.5 Å². The Hall–Kier alpha value is -2.34. The van der Waals surface area contributed by atoms with Crippen LogP contribution in [0, 0.1) is 0 Å². The third-order valence-corrected chi connectivity index (χ3v) is 2.94. The molecule has 1 amide bonds. The summed E-state index contributed by atoms with van der Waals surface area (Å²) < 4.78 is 0. The number of nitrogens with one attached hydrogen (secondary N) is 2. The van der Waals surface area contributed by atoms with Crippen LogP contribution in [0.3, 0.4) is 0 Å². The average Bonchev–Trinajstić information content (AvgIpc) is 2.91. The van der Waals surface area contributed by atoms with Gasteiger partial charge < -0.3 is 15.4 Å². The van der Waals surface area contributed by atoms with E-state index in [4.69, 9.17) is 16.7 Å². The lowest BCUT2D eigenvalue weighted by Gasteiger charge is -2.13. The highest BCUT2D eigenvalue weighted by atomic mass is 35.5. The fraction of sp³-hybridized carbons (Fsp3) is 0.154. The van der Waals surface area contributed by atoms with Crippen LogP contribution < -0.4 is 5.32 Å². The molecule has 6 nitrogen and oxygen atoms in total. The van der Waals surface area contributed by atoms with Gasteiger partial charge in [-0.05, 0) is 24.3 Å². The van der Waals surface area contributed by atoms with Gasteiger partial charge in [0.2, 0.25) is 0 Å². The third kappa shape index (κ3) is 3.58. The Morgan fingerprint density at radius 3 is 2.60 bits per heavy atom. The van der Waals surface area contributed by atoms with Gasteiger partial charge in [0.1, 0.15) is 6.04 Å². The van der Waals surface area contributed by atoms with E-state index >= 15 is 0 Å². The molecule has 1 atom stereocenters. The molecule has 1 aromatic carbocycles.